The lowest BCUT2D eigenvalue weighted by Crippen LogP contribution is -2.29. The number of hydrogen-bond donors (Lipinski definition) is 2. The molecule has 0 fully saturated rings. The normalized spacial score (nSPS) is 11.5. The molecule has 0 unspecified atom stereocenters. The summed E-state index contributed by atoms with van der Waals surface area (Å²) in [5, 5.41) is 0. The van der Waals surface area contributed by atoms with Gasteiger partial charge in [-0.2, -0.15) is 0 Å². The first-order chi connectivity index (χ1) is 8.83. The van der Waals surface area contributed by atoms with Gasteiger partial charge in [0.25, 0.3) is 0 Å². The van der Waals surface area contributed by atoms with Crippen molar-refractivity contribution < 1.29 is 22.3 Å². The number of sulfonamides is 1. The van der Waals surface area contributed by atoms with Gasteiger partial charge in [0.2, 0.25) is 15.9 Å². The Labute approximate surface area is 118 Å². The number of primary amides is 1. The van der Waals surface area contributed by atoms with Crippen molar-refractivity contribution in [1.29, 1.82) is 0 Å². The molecule has 0 saturated carbocycles. The monoisotopic (exact) mass is 354 g/mol. The molecule has 1 aromatic rings. The highest BCUT2D eigenvalue weighted by Gasteiger charge is 2.15. The van der Waals surface area contributed by atoms with Crippen LogP contribution in [0.15, 0.2) is 27.6 Å². The lowest BCUT2D eigenvalue weighted by molar-refractivity contribution is -0.122. The third kappa shape index (κ3) is 5.23. The first-order valence-electron chi connectivity index (χ1n) is 5.13. The van der Waals surface area contributed by atoms with E-state index in [1.807, 2.05) is 0 Å². The zero-order valence-corrected chi connectivity index (χ0v) is 12.1. The van der Waals surface area contributed by atoms with E-state index in [1.54, 1.807) is 0 Å². The average molecular weight is 355 g/mol. The number of carbonyl (C=O) groups excluding carboxylic acids is 1. The fourth-order valence-electron chi connectivity index (χ4n) is 1.15. The van der Waals surface area contributed by atoms with E-state index in [0.717, 1.165) is 6.07 Å². The minimum Gasteiger partial charge on any atom is -0.370 e. The Balaban J connectivity index is 2.56. The molecule has 3 N–H and O–H groups in total. The molecule has 106 valence electrons. The number of nitrogens with one attached hydrogen (secondary N) is 1. The van der Waals surface area contributed by atoms with E-state index in [4.69, 9.17) is 10.5 Å². The molecule has 0 aliphatic carbocycles. The first-order valence-corrected chi connectivity index (χ1v) is 7.41. The van der Waals surface area contributed by atoms with Crippen LogP contribution >= 0.6 is 15.9 Å². The topological polar surface area (TPSA) is 98.5 Å². The van der Waals surface area contributed by atoms with Crippen LogP contribution in [0.3, 0.4) is 0 Å². The Morgan fingerprint density at radius 2 is 2.16 bits per heavy atom. The van der Waals surface area contributed by atoms with Gasteiger partial charge in [0.05, 0.1) is 16.0 Å². The molecule has 1 aromatic carbocycles. The van der Waals surface area contributed by atoms with Crippen molar-refractivity contribution >= 4 is 31.9 Å². The van der Waals surface area contributed by atoms with Crippen LogP contribution in [0.4, 0.5) is 4.39 Å². The van der Waals surface area contributed by atoms with Gasteiger partial charge in [-0.3, -0.25) is 4.79 Å². The second-order valence-corrected chi connectivity index (χ2v) is 6.11. The molecule has 19 heavy (non-hydrogen) atoms. The van der Waals surface area contributed by atoms with E-state index in [1.165, 1.54) is 12.1 Å². The Bertz CT molecular complexity index is 565. The molecule has 0 bridgehead atoms. The Morgan fingerprint density at radius 3 is 2.74 bits per heavy atom. The molecule has 0 radical (unpaired) electrons. The second kappa shape index (κ2) is 6.94. The van der Waals surface area contributed by atoms with Crippen LogP contribution in [0.1, 0.15) is 0 Å². The number of rotatable bonds is 7. The van der Waals surface area contributed by atoms with E-state index in [-0.39, 0.29) is 29.1 Å². The highest BCUT2D eigenvalue weighted by molar-refractivity contribution is 9.10. The number of nitrogens with two attached hydrogens (primary N) is 1. The Hall–Kier alpha value is -1.03. The van der Waals surface area contributed by atoms with E-state index >= 15 is 0 Å². The van der Waals surface area contributed by atoms with Crippen LogP contribution < -0.4 is 10.5 Å². The zero-order chi connectivity index (χ0) is 14.5. The predicted octanol–water partition coefficient (Wildman–Crippen LogP) is 0.368. The van der Waals surface area contributed by atoms with Crippen molar-refractivity contribution in [2.75, 3.05) is 19.8 Å². The molecule has 0 spiro atoms. The van der Waals surface area contributed by atoms with Crippen molar-refractivity contribution in [3.8, 4) is 0 Å². The minimum absolute atomic E-state index is 0.0127. The van der Waals surface area contributed by atoms with E-state index in [9.17, 15) is 17.6 Å². The van der Waals surface area contributed by atoms with Crippen LogP contribution in [0.2, 0.25) is 0 Å². The Kier molecular flexibility index (Phi) is 5.85. The third-order valence-electron chi connectivity index (χ3n) is 1.98. The SMILES string of the molecule is NC(=O)COCCNS(=O)(=O)c1ccc(Br)c(F)c1. The molecular weight excluding hydrogens is 343 g/mol. The van der Waals surface area contributed by atoms with Crippen molar-refractivity contribution in [3.05, 3.63) is 28.5 Å². The Morgan fingerprint density at radius 1 is 1.47 bits per heavy atom. The van der Waals surface area contributed by atoms with Crippen LogP contribution in [-0.2, 0) is 19.6 Å². The highest BCUT2D eigenvalue weighted by atomic mass is 79.9. The fourth-order valence-corrected chi connectivity index (χ4v) is 2.42. The molecular formula is C10H12BrFN2O4S. The third-order valence-corrected chi connectivity index (χ3v) is 4.09. The van der Waals surface area contributed by atoms with Crippen molar-refractivity contribution in [3.63, 3.8) is 0 Å². The molecule has 0 aliphatic rings. The highest BCUT2D eigenvalue weighted by Crippen LogP contribution is 2.19. The van der Waals surface area contributed by atoms with Crippen molar-refractivity contribution in [1.82, 2.24) is 4.72 Å². The van der Waals surface area contributed by atoms with Gasteiger partial charge in [0.15, 0.2) is 0 Å². The van der Waals surface area contributed by atoms with Gasteiger partial charge in [-0.1, -0.05) is 0 Å². The molecule has 0 aromatic heterocycles. The summed E-state index contributed by atoms with van der Waals surface area (Å²) in [6.07, 6.45) is 0. The van der Waals surface area contributed by atoms with Crippen LogP contribution in [-0.4, -0.2) is 34.1 Å². The van der Waals surface area contributed by atoms with Gasteiger partial charge < -0.3 is 10.5 Å². The molecule has 0 saturated heterocycles. The minimum atomic E-state index is -3.81. The van der Waals surface area contributed by atoms with Gasteiger partial charge in [-0.25, -0.2) is 17.5 Å². The van der Waals surface area contributed by atoms with Crippen molar-refractivity contribution in [2.45, 2.75) is 4.90 Å². The smallest absolute Gasteiger partial charge is 0.243 e. The lowest BCUT2D eigenvalue weighted by atomic mass is 10.3. The second-order valence-electron chi connectivity index (χ2n) is 3.49. The molecule has 0 aliphatic heterocycles. The summed E-state index contributed by atoms with van der Waals surface area (Å²) in [5.74, 6) is -1.31. The predicted molar refractivity (Wildman–Crippen MR) is 69.3 cm³/mol. The maximum absolute atomic E-state index is 13.2. The number of benzene rings is 1. The summed E-state index contributed by atoms with van der Waals surface area (Å²) in [7, 11) is -3.81. The number of carbonyl (C=O) groups is 1. The summed E-state index contributed by atoms with van der Waals surface area (Å²) >= 11 is 2.93. The largest absolute Gasteiger partial charge is 0.370 e. The van der Waals surface area contributed by atoms with Crippen LogP contribution in [0, 0.1) is 5.82 Å². The number of hydrogen-bond acceptors (Lipinski definition) is 4. The molecule has 9 heteroatoms. The average Bonchev–Trinajstić information content (AvgIpc) is 2.31. The van der Waals surface area contributed by atoms with Gasteiger partial charge in [0.1, 0.15) is 12.4 Å². The van der Waals surface area contributed by atoms with Gasteiger partial charge in [-0.15, -0.1) is 0 Å². The summed E-state index contributed by atoms with van der Waals surface area (Å²) in [6, 6.07) is 3.46. The van der Waals surface area contributed by atoms with Crippen LogP contribution in [0.25, 0.3) is 0 Å². The maximum atomic E-state index is 13.2. The molecule has 0 heterocycles. The quantitative estimate of drug-likeness (QED) is 0.691. The van der Waals surface area contributed by atoms with Gasteiger partial charge in [0, 0.05) is 6.54 Å². The summed E-state index contributed by atoms with van der Waals surface area (Å²) in [4.78, 5) is 10.2. The fraction of sp³-hybridized carbons (Fsp3) is 0.300. The van der Waals surface area contributed by atoms with Crippen molar-refractivity contribution in [2.24, 2.45) is 5.73 Å². The zero-order valence-electron chi connectivity index (χ0n) is 9.73. The lowest BCUT2D eigenvalue weighted by Gasteiger charge is -2.07. The maximum Gasteiger partial charge on any atom is 0.243 e. The van der Waals surface area contributed by atoms with E-state index < -0.39 is 21.7 Å². The standard InChI is InChI=1S/C10H12BrFN2O4S/c11-8-2-1-7(5-9(8)12)19(16,17)14-3-4-18-6-10(13)15/h1-2,5,14H,3-4,6H2,(H2,13,15). The van der Waals surface area contributed by atoms with E-state index in [0.29, 0.717) is 0 Å². The molecule has 1 rings (SSSR count). The van der Waals surface area contributed by atoms with Gasteiger partial charge >= 0.3 is 0 Å². The first kappa shape index (κ1) is 16.0. The van der Waals surface area contributed by atoms with E-state index in [2.05, 4.69) is 20.7 Å². The summed E-state index contributed by atoms with van der Waals surface area (Å²) in [5.41, 5.74) is 4.83. The number of halogens is 2. The molecule has 0 atom stereocenters. The summed E-state index contributed by atoms with van der Waals surface area (Å²) < 4.78 is 43.9. The molecule has 6 nitrogen and oxygen atoms in total. The number of ether oxygens (including phenoxy) is 1. The molecule has 1 amide bonds. The van der Waals surface area contributed by atoms with Gasteiger partial charge in [-0.05, 0) is 34.1 Å². The van der Waals surface area contributed by atoms with Crippen LogP contribution in [0.5, 0.6) is 0 Å². The summed E-state index contributed by atoms with van der Waals surface area (Å²) in [6.45, 7) is -0.344. The number of amides is 1.